The Morgan fingerprint density at radius 2 is 2.11 bits per heavy atom. The van der Waals surface area contributed by atoms with Crippen LogP contribution >= 0.6 is 0 Å². The van der Waals surface area contributed by atoms with Crippen molar-refractivity contribution in [2.75, 3.05) is 20.3 Å². The van der Waals surface area contributed by atoms with Crippen LogP contribution in [0.25, 0.3) is 0 Å². The summed E-state index contributed by atoms with van der Waals surface area (Å²) in [7, 11) is 1.60. The quantitative estimate of drug-likeness (QED) is 0.444. The molecule has 1 aromatic rings. The van der Waals surface area contributed by atoms with Gasteiger partial charge in [-0.1, -0.05) is 13.8 Å². The summed E-state index contributed by atoms with van der Waals surface area (Å²) in [6.45, 7) is 5.46. The monoisotopic (exact) mass is 268 g/mol. The molecule has 0 saturated carbocycles. The number of non-ortho nitro benzene ring substituents is 1. The van der Waals surface area contributed by atoms with E-state index in [1.807, 2.05) is 13.8 Å². The van der Waals surface area contributed by atoms with E-state index in [4.69, 9.17) is 9.47 Å². The highest BCUT2D eigenvalue weighted by Gasteiger charge is 2.12. The van der Waals surface area contributed by atoms with Gasteiger partial charge >= 0.3 is 0 Å². The van der Waals surface area contributed by atoms with Crippen LogP contribution in [0.4, 0.5) is 5.69 Å². The van der Waals surface area contributed by atoms with Crippen LogP contribution in [-0.4, -0.2) is 31.3 Å². The molecule has 106 valence electrons. The van der Waals surface area contributed by atoms with E-state index in [2.05, 4.69) is 5.32 Å². The second-order valence-electron chi connectivity index (χ2n) is 4.43. The van der Waals surface area contributed by atoms with Crippen LogP contribution in [-0.2, 0) is 11.3 Å². The van der Waals surface area contributed by atoms with Gasteiger partial charge < -0.3 is 14.8 Å². The highest BCUT2D eigenvalue weighted by Crippen LogP contribution is 2.24. The lowest BCUT2D eigenvalue weighted by Crippen LogP contribution is -2.22. The maximum absolute atomic E-state index is 10.8. The van der Waals surface area contributed by atoms with E-state index in [-0.39, 0.29) is 5.69 Å². The fourth-order valence-corrected chi connectivity index (χ4v) is 1.51. The van der Waals surface area contributed by atoms with Gasteiger partial charge in [-0.25, -0.2) is 0 Å². The van der Waals surface area contributed by atoms with Crippen molar-refractivity contribution in [2.45, 2.75) is 26.4 Å². The van der Waals surface area contributed by atoms with Gasteiger partial charge in [0.2, 0.25) is 0 Å². The van der Waals surface area contributed by atoms with Crippen molar-refractivity contribution in [1.82, 2.24) is 5.32 Å². The van der Waals surface area contributed by atoms with Gasteiger partial charge in [0.15, 0.2) is 0 Å². The van der Waals surface area contributed by atoms with Crippen LogP contribution in [0.15, 0.2) is 18.2 Å². The van der Waals surface area contributed by atoms with Crippen molar-refractivity contribution in [3.8, 4) is 5.75 Å². The Bertz CT molecular complexity index is 421. The Labute approximate surface area is 112 Å². The van der Waals surface area contributed by atoms with Crippen molar-refractivity contribution in [2.24, 2.45) is 0 Å². The molecule has 1 rings (SSSR count). The Kier molecular flexibility index (Phi) is 6.24. The zero-order valence-corrected chi connectivity index (χ0v) is 11.5. The second-order valence-corrected chi connectivity index (χ2v) is 4.43. The lowest BCUT2D eigenvalue weighted by Gasteiger charge is -2.13. The van der Waals surface area contributed by atoms with Crippen LogP contribution in [0, 0.1) is 10.1 Å². The number of nitrogens with zero attached hydrogens (tertiary/aromatic N) is 1. The van der Waals surface area contributed by atoms with E-state index < -0.39 is 4.92 Å². The molecule has 0 amide bonds. The number of methoxy groups -OCH3 is 1. The Balaban J connectivity index is 2.84. The molecule has 0 unspecified atom stereocenters. The number of hydrogen-bond donors (Lipinski definition) is 1. The minimum atomic E-state index is -0.405. The molecule has 6 nitrogen and oxygen atoms in total. The minimum absolute atomic E-state index is 0.0691. The summed E-state index contributed by atoms with van der Waals surface area (Å²) in [5, 5.41) is 14.0. The molecule has 0 atom stereocenters. The highest BCUT2D eigenvalue weighted by molar-refractivity contribution is 5.43. The average molecular weight is 268 g/mol. The number of hydrogen-bond acceptors (Lipinski definition) is 5. The minimum Gasteiger partial charge on any atom is -0.491 e. The van der Waals surface area contributed by atoms with Gasteiger partial charge in [-0.3, -0.25) is 10.1 Å². The molecule has 0 aliphatic rings. The van der Waals surface area contributed by atoms with Gasteiger partial charge in [0.1, 0.15) is 12.4 Å². The van der Waals surface area contributed by atoms with Gasteiger partial charge in [0, 0.05) is 37.4 Å². The summed E-state index contributed by atoms with van der Waals surface area (Å²) in [5.41, 5.74) is 0.846. The molecule has 0 heterocycles. The smallest absolute Gasteiger partial charge is 0.270 e. The molecule has 0 aliphatic carbocycles. The van der Waals surface area contributed by atoms with E-state index in [0.717, 1.165) is 5.56 Å². The number of nitro groups is 1. The largest absolute Gasteiger partial charge is 0.491 e. The third kappa shape index (κ3) is 5.23. The molecule has 0 aromatic heterocycles. The molecule has 6 heteroatoms. The topological polar surface area (TPSA) is 73.6 Å². The van der Waals surface area contributed by atoms with E-state index in [0.29, 0.717) is 31.5 Å². The summed E-state index contributed by atoms with van der Waals surface area (Å²) in [4.78, 5) is 10.4. The number of ether oxygens (including phenoxy) is 2. The molecule has 1 aromatic carbocycles. The fourth-order valence-electron chi connectivity index (χ4n) is 1.51. The SMILES string of the molecule is COCCOc1ccc([N+](=O)[O-])cc1CNC(C)C. The van der Waals surface area contributed by atoms with Gasteiger partial charge in [0.25, 0.3) is 5.69 Å². The van der Waals surface area contributed by atoms with Crippen molar-refractivity contribution < 1.29 is 14.4 Å². The van der Waals surface area contributed by atoms with Crippen LogP contribution < -0.4 is 10.1 Å². The first-order valence-electron chi connectivity index (χ1n) is 6.17. The zero-order valence-electron chi connectivity index (χ0n) is 11.5. The Hall–Kier alpha value is -1.66. The molecule has 0 saturated heterocycles. The Morgan fingerprint density at radius 1 is 1.37 bits per heavy atom. The summed E-state index contributed by atoms with van der Waals surface area (Å²) in [6.07, 6.45) is 0. The van der Waals surface area contributed by atoms with Crippen LogP contribution in [0.3, 0.4) is 0 Å². The Morgan fingerprint density at radius 3 is 2.68 bits per heavy atom. The molecule has 0 bridgehead atoms. The molecule has 0 spiro atoms. The van der Waals surface area contributed by atoms with Gasteiger partial charge in [-0.2, -0.15) is 0 Å². The van der Waals surface area contributed by atoms with Gasteiger partial charge in [-0.15, -0.1) is 0 Å². The lowest BCUT2D eigenvalue weighted by molar-refractivity contribution is -0.384. The molecule has 0 radical (unpaired) electrons. The average Bonchev–Trinajstić information content (AvgIpc) is 2.37. The normalized spacial score (nSPS) is 10.7. The first kappa shape index (κ1) is 15.4. The molecule has 0 aliphatic heterocycles. The molecule has 19 heavy (non-hydrogen) atoms. The third-order valence-corrected chi connectivity index (χ3v) is 2.50. The molecule has 1 N–H and O–H groups in total. The van der Waals surface area contributed by atoms with E-state index in [1.54, 1.807) is 13.2 Å². The van der Waals surface area contributed by atoms with Crippen LogP contribution in [0.1, 0.15) is 19.4 Å². The van der Waals surface area contributed by atoms with Crippen molar-refractivity contribution >= 4 is 5.69 Å². The van der Waals surface area contributed by atoms with Crippen LogP contribution in [0.2, 0.25) is 0 Å². The summed E-state index contributed by atoms with van der Waals surface area (Å²) in [5.74, 6) is 0.649. The van der Waals surface area contributed by atoms with Crippen molar-refractivity contribution in [1.29, 1.82) is 0 Å². The first-order chi connectivity index (χ1) is 9.04. The summed E-state index contributed by atoms with van der Waals surface area (Å²) in [6, 6.07) is 4.91. The number of rotatable bonds is 8. The predicted octanol–water partition coefficient (Wildman–Crippen LogP) is 2.12. The predicted molar refractivity (Wildman–Crippen MR) is 72.4 cm³/mol. The highest BCUT2D eigenvalue weighted by atomic mass is 16.6. The second kappa shape index (κ2) is 7.70. The van der Waals surface area contributed by atoms with Gasteiger partial charge in [0.05, 0.1) is 11.5 Å². The maximum Gasteiger partial charge on any atom is 0.270 e. The van der Waals surface area contributed by atoms with Gasteiger partial charge in [-0.05, 0) is 6.07 Å². The van der Waals surface area contributed by atoms with Crippen molar-refractivity contribution in [3.05, 3.63) is 33.9 Å². The molecular formula is C13H20N2O4. The maximum atomic E-state index is 10.8. The number of benzene rings is 1. The lowest BCUT2D eigenvalue weighted by atomic mass is 10.1. The van der Waals surface area contributed by atoms with Crippen molar-refractivity contribution in [3.63, 3.8) is 0 Å². The number of nitro benzene ring substituents is 1. The third-order valence-electron chi connectivity index (χ3n) is 2.50. The molecular weight excluding hydrogens is 248 g/mol. The summed E-state index contributed by atoms with van der Waals surface area (Å²) >= 11 is 0. The van der Waals surface area contributed by atoms with E-state index >= 15 is 0 Å². The van der Waals surface area contributed by atoms with Crippen LogP contribution in [0.5, 0.6) is 5.75 Å². The fraction of sp³-hybridized carbons (Fsp3) is 0.538. The zero-order chi connectivity index (χ0) is 14.3. The van der Waals surface area contributed by atoms with E-state index in [9.17, 15) is 10.1 Å². The standard InChI is InChI=1S/C13H20N2O4/c1-10(2)14-9-11-8-12(15(16)17)4-5-13(11)19-7-6-18-3/h4-5,8,10,14H,6-7,9H2,1-3H3. The summed E-state index contributed by atoms with van der Waals surface area (Å²) < 4.78 is 10.5. The number of nitrogens with one attached hydrogen (secondary N) is 1. The first-order valence-corrected chi connectivity index (χ1v) is 6.17. The molecule has 0 fully saturated rings. The van der Waals surface area contributed by atoms with E-state index in [1.165, 1.54) is 12.1 Å².